The van der Waals surface area contributed by atoms with Crippen LogP contribution in [0.25, 0.3) is 0 Å². The van der Waals surface area contributed by atoms with Gasteiger partial charge in [0.05, 0.1) is 0 Å². The number of rotatable bonds is 6. The van der Waals surface area contributed by atoms with Crippen molar-refractivity contribution >= 4 is 5.97 Å². The van der Waals surface area contributed by atoms with Gasteiger partial charge in [0.2, 0.25) is 0 Å². The molecule has 5 heteroatoms. The van der Waals surface area contributed by atoms with Gasteiger partial charge in [-0.25, -0.2) is 0 Å². The van der Waals surface area contributed by atoms with Crippen LogP contribution >= 0.6 is 0 Å². The largest absolute Gasteiger partial charge is 0.480 e. The van der Waals surface area contributed by atoms with Gasteiger partial charge in [-0.3, -0.25) is 9.69 Å². The number of carbonyl (C=O) groups is 1. The van der Waals surface area contributed by atoms with Crippen molar-refractivity contribution in [3.05, 3.63) is 0 Å². The summed E-state index contributed by atoms with van der Waals surface area (Å²) in [5.41, 5.74) is -0.699. The lowest BCUT2D eigenvalue weighted by molar-refractivity contribution is -0.144. The molecule has 1 saturated heterocycles. The summed E-state index contributed by atoms with van der Waals surface area (Å²) in [5, 5.41) is 13.0. The molecule has 3 unspecified atom stereocenters. The maximum Gasteiger partial charge on any atom is 0.323 e. The van der Waals surface area contributed by atoms with Gasteiger partial charge in [0.1, 0.15) is 5.54 Å². The SMILES string of the molecule is CCCNC1(C(=O)O)CCC(N(C)C2CCCN(C)C2)C1. The molecule has 0 spiro atoms. The van der Waals surface area contributed by atoms with Gasteiger partial charge in [-0.2, -0.15) is 0 Å². The minimum absolute atomic E-state index is 0.391. The van der Waals surface area contributed by atoms with Gasteiger partial charge in [0.25, 0.3) is 0 Å². The minimum Gasteiger partial charge on any atom is -0.480 e. The average Bonchev–Trinajstić information content (AvgIpc) is 2.90. The molecule has 1 aliphatic heterocycles. The van der Waals surface area contributed by atoms with E-state index in [-0.39, 0.29) is 0 Å². The number of nitrogens with zero attached hydrogens (tertiary/aromatic N) is 2. The molecule has 0 aromatic heterocycles. The summed E-state index contributed by atoms with van der Waals surface area (Å²) in [7, 11) is 4.37. The smallest absolute Gasteiger partial charge is 0.323 e. The number of hydrogen-bond acceptors (Lipinski definition) is 4. The molecule has 0 radical (unpaired) electrons. The van der Waals surface area contributed by atoms with E-state index in [1.807, 2.05) is 0 Å². The maximum atomic E-state index is 11.7. The van der Waals surface area contributed by atoms with E-state index >= 15 is 0 Å². The molecule has 0 amide bonds. The van der Waals surface area contributed by atoms with Gasteiger partial charge in [-0.05, 0) is 65.7 Å². The molecule has 1 aliphatic carbocycles. The van der Waals surface area contributed by atoms with E-state index in [4.69, 9.17) is 0 Å². The molecule has 0 bridgehead atoms. The van der Waals surface area contributed by atoms with E-state index in [0.717, 1.165) is 38.8 Å². The second kappa shape index (κ2) is 7.07. The van der Waals surface area contributed by atoms with E-state index in [2.05, 4.69) is 36.1 Å². The van der Waals surface area contributed by atoms with Crippen LogP contribution in [0.15, 0.2) is 0 Å². The molecule has 1 saturated carbocycles. The zero-order valence-electron chi connectivity index (χ0n) is 13.8. The monoisotopic (exact) mass is 297 g/mol. The predicted molar refractivity (Wildman–Crippen MR) is 84.6 cm³/mol. The van der Waals surface area contributed by atoms with E-state index < -0.39 is 11.5 Å². The summed E-state index contributed by atoms with van der Waals surface area (Å²) in [6.45, 7) is 5.16. The molecule has 0 aromatic carbocycles. The van der Waals surface area contributed by atoms with Gasteiger partial charge >= 0.3 is 5.97 Å². The van der Waals surface area contributed by atoms with Crippen molar-refractivity contribution in [2.75, 3.05) is 33.7 Å². The number of nitrogens with one attached hydrogen (secondary N) is 1. The van der Waals surface area contributed by atoms with Crippen molar-refractivity contribution in [2.24, 2.45) is 0 Å². The van der Waals surface area contributed by atoms with Crippen LogP contribution in [-0.2, 0) is 4.79 Å². The van der Waals surface area contributed by atoms with Crippen LogP contribution in [0.5, 0.6) is 0 Å². The Hall–Kier alpha value is -0.650. The Labute approximate surface area is 128 Å². The Morgan fingerprint density at radius 3 is 2.81 bits per heavy atom. The van der Waals surface area contributed by atoms with Crippen LogP contribution in [-0.4, -0.2) is 72.2 Å². The molecule has 2 rings (SSSR count). The highest BCUT2D eigenvalue weighted by Crippen LogP contribution is 2.34. The quantitative estimate of drug-likeness (QED) is 0.776. The van der Waals surface area contributed by atoms with Crippen molar-refractivity contribution in [3.8, 4) is 0 Å². The molecule has 3 atom stereocenters. The summed E-state index contributed by atoms with van der Waals surface area (Å²) in [6, 6.07) is 0.964. The Balaban J connectivity index is 1.97. The summed E-state index contributed by atoms with van der Waals surface area (Å²) >= 11 is 0. The van der Waals surface area contributed by atoms with Crippen LogP contribution in [0, 0.1) is 0 Å². The molecule has 2 N–H and O–H groups in total. The van der Waals surface area contributed by atoms with Gasteiger partial charge in [0.15, 0.2) is 0 Å². The Kier molecular flexibility index (Phi) is 5.63. The summed E-state index contributed by atoms with van der Waals surface area (Å²) < 4.78 is 0. The number of aliphatic carboxylic acids is 1. The van der Waals surface area contributed by atoms with E-state index in [9.17, 15) is 9.90 Å². The van der Waals surface area contributed by atoms with Gasteiger partial charge in [-0.1, -0.05) is 6.92 Å². The molecule has 5 nitrogen and oxygen atoms in total. The zero-order chi connectivity index (χ0) is 15.5. The van der Waals surface area contributed by atoms with Gasteiger partial charge in [-0.15, -0.1) is 0 Å². The van der Waals surface area contributed by atoms with Crippen LogP contribution in [0.3, 0.4) is 0 Å². The van der Waals surface area contributed by atoms with Gasteiger partial charge in [0, 0.05) is 18.6 Å². The highest BCUT2D eigenvalue weighted by Gasteiger charge is 2.46. The Morgan fingerprint density at radius 2 is 2.19 bits per heavy atom. The van der Waals surface area contributed by atoms with E-state index in [1.165, 1.54) is 19.4 Å². The number of likely N-dealkylation sites (N-methyl/N-ethyl adjacent to an activating group) is 2. The lowest BCUT2D eigenvalue weighted by atomic mass is 9.96. The predicted octanol–water partition coefficient (Wildman–Crippen LogP) is 1.39. The lowest BCUT2D eigenvalue weighted by Gasteiger charge is -2.39. The molecule has 0 aromatic rings. The van der Waals surface area contributed by atoms with Gasteiger partial charge < -0.3 is 15.3 Å². The first kappa shape index (κ1) is 16.7. The van der Waals surface area contributed by atoms with Crippen LogP contribution in [0.2, 0.25) is 0 Å². The Morgan fingerprint density at radius 1 is 1.43 bits per heavy atom. The lowest BCUT2D eigenvalue weighted by Crippen LogP contribution is -2.53. The molecule has 122 valence electrons. The first-order valence-electron chi connectivity index (χ1n) is 8.37. The van der Waals surface area contributed by atoms with Crippen LogP contribution in [0.1, 0.15) is 45.4 Å². The third-order valence-electron chi connectivity index (χ3n) is 5.36. The highest BCUT2D eigenvalue weighted by atomic mass is 16.4. The fraction of sp³-hybridized carbons (Fsp3) is 0.938. The van der Waals surface area contributed by atoms with Crippen LogP contribution in [0.4, 0.5) is 0 Å². The second-order valence-corrected chi connectivity index (χ2v) is 6.93. The summed E-state index contributed by atoms with van der Waals surface area (Å²) in [6.07, 6.45) is 5.93. The normalized spacial score (nSPS) is 34.5. The first-order chi connectivity index (χ1) is 9.98. The fourth-order valence-corrected chi connectivity index (χ4v) is 3.93. The maximum absolute atomic E-state index is 11.7. The fourth-order valence-electron chi connectivity index (χ4n) is 3.93. The minimum atomic E-state index is -0.699. The molecular formula is C16H31N3O2. The van der Waals surface area contributed by atoms with E-state index in [1.54, 1.807) is 0 Å². The number of carboxylic acids is 1. The topological polar surface area (TPSA) is 55.8 Å². The number of likely N-dealkylation sites (tertiary alicyclic amines) is 1. The van der Waals surface area contributed by atoms with E-state index in [0.29, 0.717) is 12.1 Å². The van der Waals surface area contributed by atoms with Crippen molar-refractivity contribution in [1.82, 2.24) is 15.1 Å². The standard InChI is InChI=1S/C16H31N3O2/c1-4-9-17-16(15(20)21)8-7-13(11-16)19(3)14-6-5-10-18(2)12-14/h13-14,17H,4-12H2,1-3H3,(H,20,21). The first-order valence-corrected chi connectivity index (χ1v) is 8.37. The zero-order valence-corrected chi connectivity index (χ0v) is 13.8. The number of piperidine rings is 1. The Bertz CT molecular complexity index is 363. The third kappa shape index (κ3) is 3.76. The summed E-state index contributed by atoms with van der Waals surface area (Å²) in [5.74, 6) is -0.674. The molecule has 2 aliphatic rings. The van der Waals surface area contributed by atoms with Crippen molar-refractivity contribution in [2.45, 2.75) is 63.1 Å². The number of hydrogen-bond donors (Lipinski definition) is 2. The van der Waals surface area contributed by atoms with Crippen molar-refractivity contribution in [1.29, 1.82) is 0 Å². The van der Waals surface area contributed by atoms with Crippen molar-refractivity contribution < 1.29 is 9.90 Å². The molecule has 2 fully saturated rings. The summed E-state index contributed by atoms with van der Waals surface area (Å²) in [4.78, 5) is 16.6. The van der Waals surface area contributed by atoms with Crippen molar-refractivity contribution in [3.63, 3.8) is 0 Å². The highest BCUT2D eigenvalue weighted by molar-refractivity contribution is 5.79. The third-order valence-corrected chi connectivity index (χ3v) is 5.36. The number of carboxylic acid groups (broad SMARTS) is 1. The second-order valence-electron chi connectivity index (χ2n) is 6.93. The average molecular weight is 297 g/mol. The van der Waals surface area contributed by atoms with Crippen LogP contribution < -0.4 is 5.32 Å². The molecular weight excluding hydrogens is 266 g/mol. The molecule has 21 heavy (non-hydrogen) atoms. The molecule has 1 heterocycles.